The summed E-state index contributed by atoms with van der Waals surface area (Å²) in [5, 5.41) is 20.7. The number of aliphatic carboxylic acids is 2. The Hall–Kier alpha value is -2.94. The van der Waals surface area contributed by atoms with E-state index >= 15 is 0 Å². The summed E-state index contributed by atoms with van der Waals surface area (Å²) in [6.45, 7) is 0.308. The number of carboxylic acid groups (broad SMARTS) is 2. The third kappa shape index (κ3) is 5.78. The minimum absolute atomic E-state index is 0.0606. The van der Waals surface area contributed by atoms with Gasteiger partial charge in [-0.05, 0) is 24.8 Å². The van der Waals surface area contributed by atoms with Gasteiger partial charge in [-0.1, -0.05) is 30.3 Å². The topological polar surface area (TPSA) is 150 Å². The van der Waals surface area contributed by atoms with E-state index in [1.54, 1.807) is 24.3 Å². The zero-order chi connectivity index (χ0) is 20.7. The summed E-state index contributed by atoms with van der Waals surface area (Å²) in [5.41, 5.74) is 6.54. The van der Waals surface area contributed by atoms with Crippen LogP contribution < -0.4 is 11.1 Å². The maximum absolute atomic E-state index is 13.0. The van der Waals surface area contributed by atoms with E-state index in [1.165, 1.54) is 4.90 Å². The molecule has 28 heavy (non-hydrogen) atoms. The Bertz CT molecular complexity index is 724. The summed E-state index contributed by atoms with van der Waals surface area (Å²) in [6, 6.07) is 6.05. The maximum atomic E-state index is 13.0. The molecule has 2 amide bonds. The fraction of sp³-hybridized carbons (Fsp3) is 0.474. The lowest BCUT2D eigenvalue weighted by molar-refractivity contribution is -0.149. The highest BCUT2D eigenvalue weighted by Crippen LogP contribution is 2.19. The maximum Gasteiger partial charge on any atom is 0.326 e. The molecule has 1 aliphatic heterocycles. The van der Waals surface area contributed by atoms with E-state index in [9.17, 15) is 24.3 Å². The number of carboxylic acids is 2. The third-order valence-corrected chi connectivity index (χ3v) is 4.72. The molecule has 5 N–H and O–H groups in total. The Labute approximate surface area is 162 Å². The summed E-state index contributed by atoms with van der Waals surface area (Å²) < 4.78 is 0. The molecule has 1 aromatic carbocycles. The zero-order valence-corrected chi connectivity index (χ0v) is 15.4. The van der Waals surface area contributed by atoms with E-state index in [1.807, 2.05) is 6.07 Å². The lowest BCUT2D eigenvalue weighted by Gasteiger charge is -2.28. The van der Waals surface area contributed by atoms with Crippen molar-refractivity contribution in [1.29, 1.82) is 0 Å². The van der Waals surface area contributed by atoms with Gasteiger partial charge in [-0.15, -0.1) is 0 Å². The SMILES string of the molecule is NC(CCC(=O)O)C(=O)NC(Cc1ccccc1)C(=O)N1CCCC1C(=O)O. The Morgan fingerprint density at radius 2 is 1.86 bits per heavy atom. The molecule has 1 heterocycles. The quantitative estimate of drug-likeness (QED) is 0.462. The fourth-order valence-corrected chi connectivity index (χ4v) is 3.23. The standard InChI is InChI=1S/C19H25N3O6/c20-13(8-9-16(23)24)17(25)21-14(11-12-5-2-1-3-6-12)18(26)22-10-4-7-15(22)19(27)28/h1-3,5-6,13-15H,4,7-11,20H2,(H,21,25)(H,23,24)(H,27,28). The van der Waals surface area contributed by atoms with Crippen molar-refractivity contribution < 1.29 is 29.4 Å². The molecule has 1 fully saturated rings. The first kappa shape index (κ1) is 21.4. The van der Waals surface area contributed by atoms with Crippen molar-refractivity contribution in [2.75, 3.05) is 6.54 Å². The van der Waals surface area contributed by atoms with Crippen LogP contribution in [0.5, 0.6) is 0 Å². The minimum atomic E-state index is -1.08. The Morgan fingerprint density at radius 1 is 1.18 bits per heavy atom. The predicted octanol–water partition coefficient (Wildman–Crippen LogP) is -0.0184. The second kappa shape index (κ2) is 9.84. The lowest BCUT2D eigenvalue weighted by atomic mass is 10.0. The van der Waals surface area contributed by atoms with Crippen molar-refractivity contribution in [3.63, 3.8) is 0 Å². The molecular formula is C19H25N3O6. The zero-order valence-electron chi connectivity index (χ0n) is 15.4. The molecule has 152 valence electrons. The summed E-state index contributed by atoms with van der Waals surface area (Å²) >= 11 is 0. The average Bonchev–Trinajstić information content (AvgIpc) is 3.15. The Morgan fingerprint density at radius 3 is 2.46 bits per heavy atom. The molecule has 0 aliphatic carbocycles. The van der Waals surface area contributed by atoms with Gasteiger partial charge in [0.2, 0.25) is 11.8 Å². The van der Waals surface area contributed by atoms with Crippen LogP contribution in [0.15, 0.2) is 30.3 Å². The highest BCUT2D eigenvalue weighted by molar-refractivity contribution is 5.92. The second-order valence-electron chi connectivity index (χ2n) is 6.82. The number of nitrogens with two attached hydrogens (primary N) is 1. The van der Waals surface area contributed by atoms with Crippen LogP contribution in [-0.4, -0.2) is 63.5 Å². The molecule has 1 aliphatic rings. The van der Waals surface area contributed by atoms with Crippen LogP contribution in [-0.2, 0) is 25.6 Å². The van der Waals surface area contributed by atoms with E-state index in [2.05, 4.69) is 5.32 Å². The van der Waals surface area contributed by atoms with Crippen LogP contribution in [0.25, 0.3) is 0 Å². The number of amides is 2. The van der Waals surface area contributed by atoms with Gasteiger partial charge in [0.25, 0.3) is 0 Å². The number of hydrogen-bond acceptors (Lipinski definition) is 5. The van der Waals surface area contributed by atoms with Crippen LogP contribution in [0.2, 0.25) is 0 Å². The largest absolute Gasteiger partial charge is 0.481 e. The fourth-order valence-electron chi connectivity index (χ4n) is 3.23. The van der Waals surface area contributed by atoms with Crippen LogP contribution in [0.3, 0.4) is 0 Å². The van der Waals surface area contributed by atoms with Crippen molar-refractivity contribution in [2.24, 2.45) is 5.73 Å². The molecule has 0 saturated carbocycles. The van der Waals surface area contributed by atoms with E-state index in [0.717, 1.165) is 5.56 Å². The van der Waals surface area contributed by atoms with Crippen molar-refractivity contribution in [2.45, 2.75) is 50.2 Å². The number of benzene rings is 1. The van der Waals surface area contributed by atoms with Gasteiger partial charge in [0, 0.05) is 19.4 Å². The van der Waals surface area contributed by atoms with Crippen molar-refractivity contribution in [3.8, 4) is 0 Å². The second-order valence-corrected chi connectivity index (χ2v) is 6.82. The number of nitrogens with zero attached hydrogens (tertiary/aromatic N) is 1. The molecule has 1 aromatic rings. The smallest absolute Gasteiger partial charge is 0.326 e. The molecule has 3 unspecified atom stereocenters. The first-order valence-electron chi connectivity index (χ1n) is 9.14. The van der Waals surface area contributed by atoms with Crippen LogP contribution in [0.4, 0.5) is 0 Å². The first-order valence-corrected chi connectivity index (χ1v) is 9.14. The molecular weight excluding hydrogens is 366 g/mol. The van der Waals surface area contributed by atoms with Crippen LogP contribution in [0.1, 0.15) is 31.2 Å². The monoisotopic (exact) mass is 391 g/mol. The highest BCUT2D eigenvalue weighted by atomic mass is 16.4. The summed E-state index contributed by atoms with van der Waals surface area (Å²) in [6.07, 6.45) is 0.798. The van der Waals surface area contributed by atoms with E-state index in [-0.39, 0.29) is 19.3 Å². The number of carbonyl (C=O) groups excluding carboxylic acids is 2. The van der Waals surface area contributed by atoms with Gasteiger partial charge in [0.1, 0.15) is 12.1 Å². The number of hydrogen-bond donors (Lipinski definition) is 4. The normalized spacial score (nSPS) is 18.3. The van der Waals surface area contributed by atoms with E-state index in [0.29, 0.717) is 19.4 Å². The van der Waals surface area contributed by atoms with Crippen molar-refractivity contribution in [3.05, 3.63) is 35.9 Å². The molecule has 3 atom stereocenters. The van der Waals surface area contributed by atoms with Gasteiger partial charge in [-0.25, -0.2) is 4.79 Å². The average molecular weight is 391 g/mol. The molecule has 0 aromatic heterocycles. The van der Waals surface area contributed by atoms with Crippen LogP contribution >= 0.6 is 0 Å². The summed E-state index contributed by atoms with van der Waals surface area (Å²) in [5.74, 6) is -3.26. The first-order chi connectivity index (χ1) is 13.3. The van der Waals surface area contributed by atoms with Gasteiger partial charge >= 0.3 is 11.9 Å². The van der Waals surface area contributed by atoms with Crippen molar-refractivity contribution in [1.82, 2.24) is 10.2 Å². The highest BCUT2D eigenvalue weighted by Gasteiger charge is 2.38. The van der Waals surface area contributed by atoms with Gasteiger partial charge in [0.05, 0.1) is 6.04 Å². The van der Waals surface area contributed by atoms with Crippen LogP contribution in [0, 0.1) is 0 Å². The Kier molecular flexibility index (Phi) is 7.51. The third-order valence-electron chi connectivity index (χ3n) is 4.72. The van der Waals surface area contributed by atoms with Gasteiger partial charge in [-0.2, -0.15) is 0 Å². The van der Waals surface area contributed by atoms with E-state index in [4.69, 9.17) is 10.8 Å². The van der Waals surface area contributed by atoms with Crippen molar-refractivity contribution >= 4 is 23.8 Å². The number of likely N-dealkylation sites (tertiary alicyclic amines) is 1. The molecule has 0 radical (unpaired) electrons. The minimum Gasteiger partial charge on any atom is -0.481 e. The summed E-state index contributed by atoms with van der Waals surface area (Å²) in [4.78, 5) is 48.7. The molecule has 0 bridgehead atoms. The Balaban J connectivity index is 2.14. The predicted molar refractivity (Wildman–Crippen MR) is 99.3 cm³/mol. The van der Waals surface area contributed by atoms with Gasteiger partial charge in [-0.3, -0.25) is 14.4 Å². The lowest BCUT2D eigenvalue weighted by Crippen LogP contribution is -2.55. The number of carbonyl (C=O) groups is 4. The molecule has 9 nitrogen and oxygen atoms in total. The summed E-state index contributed by atoms with van der Waals surface area (Å²) in [7, 11) is 0. The van der Waals surface area contributed by atoms with Gasteiger partial charge in [0.15, 0.2) is 0 Å². The molecule has 1 saturated heterocycles. The van der Waals surface area contributed by atoms with E-state index < -0.39 is 41.9 Å². The number of nitrogens with one attached hydrogen (secondary N) is 1. The van der Waals surface area contributed by atoms with Gasteiger partial charge < -0.3 is 26.2 Å². The number of rotatable bonds is 9. The molecule has 2 rings (SSSR count). The molecule has 0 spiro atoms. The molecule has 9 heteroatoms.